The van der Waals surface area contributed by atoms with Crippen molar-refractivity contribution in [3.05, 3.63) is 34.8 Å². The fourth-order valence-corrected chi connectivity index (χ4v) is 2.28. The maximum absolute atomic E-state index is 13.4. The summed E-state index contributed by atoms with van der Waals surface area (Å²) in [4.78, 5) is 11.1. The van der Waals surface area contributed by atoms with E-state index in [-0.39, 0.29) is 17.5 Å². The number of benzene rings is 1. The molecule has 2 aromatic rings. The van der Waals surface area contributed by atoms with Crippen molar-refractivity contribution in [2.45, 2.75) is 25.7 Å². The van der Waals surface area contributed by atoms with Crippen LogP contribution in [0.2, 0.25) is 0 Å². The van der Waals surface area contributed by atoms with Gasteiger partial charge in [0.05, 0.1) is 0 Å². The summed E-state index contributed by atoms with van der Waals surface area (Å²) >= 11 is 0. The van der Waals surface area contributed by atoms with Gasteiger partial charge in [-0.05, 0) is 43.4 Å². The van der Waals surface area contributed by atoms with E-state index in [0.29, 0.717) is 22.1 Å². The lowest BCUT2D eigenvalue weighted by Gasteiger charge is -1.97. The molecule has 0 unspecified atom stereocenters. The van der Waals surface area contributed by atoms with E-state index in [4.69, 9.17) is 9.52 Å². The highest BCUT2D eigenvalue weighted by atomic mass is 19.1. The number of furan rings is 1. The average molecular weight is 234 g/mol. The van der Waals surface area contributed by atoms with Crippen LogP contribution in [0, 0.1) is 12.7 Å². The molecule has 0 radical (unpaired) electrons. The van der Waals surface area contributed by atoms with Crippen molar-refractivity contribution < 1.29 is 18.7 Å². The number of hydrogen-bond acceptors (Lipinski definition) is 2. The number of halogens is 1. The first-order valence-electron chi connectivity index (χ1n) is 5.53. The highest BCUT2D eigenvalue weighted by Crippen LogP contribution is 2.46. The Hall–Kier alpha value is -1.84. The predicted molar refractivity (Wildman–Crippen MR) is 59.8 cm³/mol. The van der Waals surface area contributed by atoms with Gasteiger partial charge in [0, 0.05) is 10.9 Å². The first-order valence-corrected chi connectivity index (χ1v) is 5.53. The van der Waals surface area contributed by atoms with Crippen LogP contribution in [0.5, 0.6) is 0 Å². The highest BCUT2D eigenvalue weighted by molar-refractivity contribution is 5.96. The molecule has 0 bridgehead atoms. The number of carbonyl (C=O) groups is 1. The SMILES string of the molecule is Cc1cc(F)cc2c(C3CC3)c(C(=O)O)oc12. The lowest BCUT2D eigenvalue weighted by atomic mass is 10.0. The van der Waals surface area contributed by atoms with E-state index in [1.807, 2.05) is 0 Å². The fraction of sp³-hybridized carbons (Fsp3) is 0.308. The number of fused-ring (bicyclic) bond motifs is 1. The van der Waals surface area contributed by atoms with Gasteiger partial charge in [0.25, 0.3) is 0 Å². The molecule has 0 spiro atoms. The zero-order valence-corrected chi connectivity index (χ0v) is 9.29. The van der Waals surface area contributed by atoms with Gasteiger partial charge < -0.3 is 9.52 Å². The van der Waals surface area contributed by atoms with Crippen LogP contribution >= 0.6 is 0 Å². The first kappa shape index (κ1) is 10.3. The van der Waals surface area contributed by atoms with Crippen molar-refractivity contribution >= 4 is 16.9 Å². The third-order valence-electron chi connectivity index (χ3n) is 3.16. The van der Waals surface area contributed by atoms with Gasteiger partial charge >= 0.3 is 5.97 Å². The molecule has 17 heavy (non-hydrogen) atoms. The molecule has 1 aliphatic carbocycles. The number of hydrogen-bond donors (Lipinski definition) is 1. The van der Waals surface area contributed by atoms with Gasteiger partial charge in [-0.2, -0.15) is 0 Å². The van der Waals surface area contributed by atoms with Gasteiger partial charge in [-0.3, -0.25) is 0 Å². The molecule has 3 nitrogen and oxygen atoms in total. The molecule has 1 aromatic heterocycles. The van der Waals surface area contributed by atoms with Gasteiger partial charge in [-0.15, -0.1) is 0 Å². The summed E-state index contributed by atoms with van der Waals surface area (Å²) < 4.78 is 18.8. The minimum absolute atomic E-state index is 0.0313. The molecule has 1 fully saturated rings. The normalized spacial score (nSPS) is 15.4. The Kier molecular flexibility index (Phi) is 2.02. The summed E-state index contributed by atoms with van der Waals surface area (Å²) in [7, 11) is 0. The van der Waals surface area contributed by atoms with Crippen molar-refractivity contribution in [3.8, 4) is 0 Å². The molecular formula is C13H11FO3. The van der Waals surface area contributed by atoms with Crippen LogP contribution in [0.4, 0.5) is 4.39 Å². The number of carboxylic acids is 1. The molecule has 1 N–H and O–H groups in total. The summed E-state index contributed by atoms with van der Waals surface area (Å²) in [5, 5.41) is 9.73. The molecule has 0 aliphatic heterocycles. The fourth-order valence-electron chi connectivity index (χ4n) is 2.28. The van der Waals surface area contributed by atoms with E-state index in [0.717, 1.165) is 12.8 Å². The topological polar surface area (TPSA) is 50.4 Å². The Morgan fingerprint density at radius 1 is 1.47 bits per heavy atom. The number of aryl methyl sites for hydroxylation is 1. The summed E-state index contributed by atoms with van der Waals surface area (Å²) in [5.41, 5.74) is 1.79. The second kappa shape index (κ2) is 3.32. The van der Waals surface area contributed by atoms with Crippen LogP contribution in [0.25, 0.3) is 11.0 Å². The summed E-state index contributed by atoms with van der Waals surface area (Å²) in [5.74, 6) is -1.25. The van der Waals surface area contributed by atoms with Gasteiger partial charge in [0.15, 0.2) is 0 Å². The molecule has 0 saturated heterocycles. The van der Waals surface area contributed by atoms with Gasteiger partial charge in [0.1, 0.15) is 11.4 Å². The minimum Gasteiger partial charge on any atom is -0.475 e. The van der Waals surface area contributed by atoms with Crippen LogP contribution < -0.4 is 0 Å². The highest BCUT2D eigenvalue weighted by Gasteiger charge is 2.33. The standard InChI is InChI=1S/C13H11FO3/c1-6-4-8(14)5-9-10(7-2-3-7)12(13(15)16)17-11(6)9/h4-5,7H,2-3H2,1H3,(H,15,16). The van der Waals surface area contributed by atoms with Crippen LogP contribution in [0.15, 0.2) is 16.5 Å². The third kappa shape index (κ3) is 1.52. The zero-order chi connectivity index (χ0) is 12.2. The van der Waals surface area contributed by atoms with Crippen molar-refractivity contribution in [2.75, 3.05) is 0 Å². The van der Waals surface area contributed by atoms with E-state index in [9.17, 15) is 9.18 Å². The molecular weight excluding hydrogens is 223 g/mol. The Morgan fingerprint density at radius 3 is 2.76 bits per heavy atom. The zero-order valence-electron chi connectivity index (χ0n) is 9.29. The molecule has 1 aromatic carbocycles. The third-order valence-corrected chi connectivity index (χ3v) is 3.16. The van der Waals surface area contributed by atoms with Crippen LogP contribution in [0.3, 0.4) is 0 Å². The van der Waals surface area contributed by atoms with Crippen molar-refractivity contribution in [1.29, 1.82) is 0 Å². The van der Waals surface area contributed by atoms with Crippen molar-refractivity contribution in [1.82, 2.24) is 0 Å². The number of carboxylic acid groups (broad SMARTS) is 1. The Morgan fingerprint density at radius 2 is 2.18 bits per heavy atom. The van der Waals surface area contributed by atoms with Gasteiger partial charge in [0.2, 0.25) is 5.76 Å². The monoisotopic (exact) mass is 234 g/mol. The van der Waals surface area contributed by atoms with E-state index in [1.165, 1.54) is 12.1 Å². The van der Waals surface area contributed by atoms with Crippen LogP contribution in [-0.4, -0.2) is 11.1 Å². The smallest absolute Gasteiger partial charge is 0.372 e. The Bertz CT molecular complexity index is 623. The maximum atomic E-state index is 13.4. The molecule has 3 rings (SSSR count). The molecule has 88 valence electrons. The molecule has 4 heteroatoms. The van der Waals surface area contributed by atoms with E-state index >= 15 is 0 Å². The van der Waals surface area contributed by atoms with Crippen LogP contribution in [0.1, 0.15) is 40.4 Å². The van der Waals surface area contributed by atoms with Crippen LogP contribution in [-0.2, 0) is 0 Å². The lowest BCUT2D eigenvalue weighted by Crippen LogP contribution is -1.97. The molecule has 1 heterocycles. The minimum atomic E-state index is -1.08. The molecule has 0 amide bonds. The molecule has 1 aliphatic rings. The van der Waals surface area contributed by atoms with Crippen molar-refractivity contribution in [3.63, 3.8) is 0 Å². The van der Waals surface area contributed by atoms with Gasteiger partial charge in [-0.1, -0.05) is 0 Å². The second-order valence-electron chi connectivity index (χ2n) is 4.52. The quantitative estimate of drug-likeness (QED) is 0.865. The predicted octanol–water partition coefficient (Wildman–Crippen LogP) is 3.46. The van der Waals surface area contributed by atoms with E-state index < -0.39 is 5.97 Å². The van der Waals surface area contributed by atoms with Crippen molar-refractivity contribution in [2.24, 2.45) is 0 Å². The number of rotatable bonds is 2. The van der Waals surface area contributed by atoms with Gasteiger partial charge in [-0.25, -0.2) is 9.18 Å². The summed E-state index contributed by atoms with van der Waals surface area (Å²) in [6.07, 6.45) is 1.90. The molecule has 1 saturated carbocycles. The Labute approximate surface area is 96.8 Å². The average Bonchev–Trinajstić information content (AvgIpc) is 2.99. The largest absolute Gasteiger partial charge is 0.475 e. The summed E-state index contributed by atoms with van der Waals surface area (Å²) in [6, 6.07) is 2.72. The van der Waals surface area contributed by atoms with E-state index in [1.54, 1.807) is 6.92 Å². The molecule has 0 atom stereocenters. The Balaban J connectivity index is 2.38. The number of aromatic carboxylic acids is 1. The summed E-state index contributed by atoms with van der Waals surface area (Å²) in [6.45, 7) is 1.72. The van der Waals surface area contributed by atoms with E-state index in [2.05, 4.69) is 0 Å². The first-order chi connectivity index (χ1) is 8.08. The second-order valence-corrected chi connectivity index (χ2v) is 4.52. The lowest BCUT2D eigenvalue weighted by molar-refractivity contribution is 0.0663. The maximum Gasteiger partial charge on any atom is 0.372 e.